The van der Waals surface area contributed by atoms with Gasteiger partial charge in [0, 0.05) is 43.5 Å². The van der Waals surface area contributed by atoms with Crippen LogP contribution in [0, 0.1) is 0 Å². The molecule has 0 atom stereocenters. The van der Waals surface area contributed by atoms with Crippen LogP contribution >= 0.6 is 12.4 Å². The maximum Gasteiger partial charge on any atom is 0.275 e. The summed E-state index contributed by atoms with van der Waals surface area (Å²) < 4.78 is 2.04. The lowest BCUT2D eigenvalue weighted by Gasteiger charge is -2.04. The Kier molecular flexibility index (Phi) is 5.82. The molecule has 3 aromatic rings. The Labute approximate surface area is 162 Å². The number of hydrogen-bond donors (Lipinski definition) is 2. The van der Waals surface area contributed by atoms with Crippen molar-refractivity contribution in [2.75, 3.05) is 18.4 Å². The van der Waals surface area contributed by atoms with Gasteiger partial charge in [-0.2, -0.15) is 4.80 Å². The molecule has 0 spiro atoms. The van der Waals surface area contributed by atoms with Gasteiger partial charge in [0.15, 0.2) is 0 Å². The fraction of sp³-hybridized carbons (Fsp3) is 0.353. The second-order valence-corrected chi connectivity index (χ2v) is 6.07. The third kappa shape index (κ3) is 4.15. The Bertz CT molecular complexity index is 911. The number of carbonyl (C=O) groups is 1. The van der Waals surface area contributed by atoms with Crippen LogP contribution in [0.3, 0.4) is 0 Å². The van der Waals surface area contributed by atoms with Crippen LogP contribution in [0.1, 0.15) is 23.2 Å². The van der Waals surface area contributed by atoms with E-state index < -0.39 is 0 Å². The average Bonchev–Trinajstić information content (AvgIpc) is 3.24. The molecule has 0 fully saturated rings. The molecular formula is C17H21ClN8O. The first-order chi connectivity index (χ1) is 12.7. The molecule has 0 aliphatic carbocycles. The molecule has 1 aliphatic rings. The molecule has 0 saturated carbocycles. The van der Waals surface area contributed by atoms with E-state index in [1.807, 2.05) is 42.0 Å². The predicted octanol–water partition coefficient (Wildman–Crippen LogP) is 1.38. The van der Waals surface area contributed by atoms with Crippen molar-refractivity contribution in [3.8, 4) is 11.4 Å². The van der Waals surface area contributed by atoms with Crippen molar-refractivity contribution in [1.82, 2.24) is 35.1 Å². The molecule has 2 aromatic heterocycles. The molecule has 4 rings (SSSR count). The van der Waals surface area contributed by atoms with E-state index in [0.29, 0.717) is 23.8 Å². The first-order valence-electron chi connectivity index (χ1n) is 8.69. The zero-order chi connectivity index (χ0) is 17.9. The second kappa shape index (κ2) is 8.28. The molecule has 0 radical (unpaired) electrons. The number of amides is 1. The molecule has 0 bridgehead atoms. The molecule has 1 amide bonds. The Morgan fingerprint density at radius 3 is 3.04 bits per heavy atom. The van der Waals surface area contributed by atoms with Crippen molar-refractivity contribution in [2.45, 2.75) is 26.4 Å². The number of benzene rings is 1. The number of nitrogens with one attached hydrogen (secondary N) is 2. The van der Waals surface area contributed by atoms with E-state index in [4.69, 9.17) is 0 Å². The third-order valence-electron chi connectivity index (χ3n) is 4.26. The van der Waals surface area contributed by atoms with E-state index in [0.717, 1.165) is 37.4 Å². The van der Waals surface area contributed by atoms with Gasteiger partial charge in [-0.25, -0.2) is 4.98 Å². The van der Waals surface area contributed by atoms with Crippen molar-refractivity contribution in [1.29, 1.82) is 0 Å². The fourth-order valence-electron chi connectivity index (χ4n) is 2.91. The monoisotopic (exact) mass is 388 g/mol. The van der Waals surface area contributed by atoms with Gasteiger partial charge in [0.25, 0.3) is 5.91 Å². The molecule has 2 N–H and O–H groups in total. The van der Waals surface area contributed by atoms with E-state index in [1.165, 1.54) is 4.80 Å². The largest absolute Gasteiger partial charge is 0.333 e. The molecule has 27 heavy (non-hydrogen) atoms. The zero-order valence-electron chi connectivity index (χ0n) is 14.9. The number of aromatic nitrogens is 6. The quantitative estimate of drug-likeness (QED) is 0.700. The lowest BCUT2D eigenvalue weighted by atomic mass is 10.2. The Hall–Kier alpha value is -2.78. The van der Waals surface area contributed by atoms with Crippen molar-refractivity contribution < 1.29 is 4.79 Å². The van der Waals surface area contributed by atoms with E-state index in [9.17, 15) is 4.79 Å². The molecule has 10 heteroatoms. The molecule has 1 aromatic carbocycles. The predicted molar refractivity (Wildman–Crippen MR) is 103 cm³/mol. The van der Waals surface area contributed by atoms with Crippen LogP contribution < -0.4 is 10.6 Å². The van der Waals surface area contributed by atoms with Gasteiger partial charge in [-0.05, 0) is 24.3 Å². The van der Waals surface area contributed by atoms with Gasteiger partial charge in [-0.1, -0.05) is 12.1 Å². The SMILES string of the molecule is CCn1nnc(-c2cccc(NC(=O)c3cn4c(n3)CCNCC4)c2)n1.Cl. The summed E-state index contributed by atoms with van der Waals surface area (Å²) in [6.45, 7) is 5.20. The molecule has 3 heterocycles. The summed E-state index contributed by atoms with van der Waals surface area (Å²) in [7, 11) is 0. The zero-order valence-corrected chi connectivity index (χ0v) is 15.7. The first kappa shape index (κ1) is 19.0. The third-order valence-corrected chi connectivity index (χ3v) is 4.26. The lowest BCUT2D eigenvalue weighted by molar-refractivity contribution is 0.102. The second-order valence-electron chi connectivity index (χ2n) is 6.07. The van der Waals surface area contributed by atoms with Gasteiger partial charge in [-0.3, -0.25) is 4.79 Å². The topological polar surface area (TPSA) is 103 Å². The number of fused-ring (bicyclic) bond motifs is 1. The summed E-state index contributed by atoms with van der Waals surface area (Å²) in [6, 6.07) is 7.40. The minimum atomic E-state index is -0.221. The summed E-state index contributed by atoms with van der Waals surface area (Å²) in [5.41, 5.74) is 1.90. The van der Waals surface area contributed by atoms with Gasteiger partial charge in [0.05, 0.1) is 6.54 Å². The Morgan fingerprint density at radius 2 is 2.22 bits per heavy atom. The smallest absolute Gasteiger partial charge is 0.275 e. The van der Waals surface area contributed by atoms with Gasteiger partial charge in [0.2, 0.25) is 5.82 Å². The molecule has 1 aliphatic heterocycles. The van der Waals surface area contributed by atoms with Gasteiger partial charge in [0.1, 0.15) is 11.5 Å². The van der Waals surface area contributed by atoms with Crippen LogP contribution in [0.5, 0.6) is 0 Å². The summed E-state index contributed by atoms with van der Waals surface area (Å²) in [4.78, 5) is 18.6. The number of halogens is 1. The lowest BCUT2D eigenvalue weighted by Crippen LogP contribution is -2.18. The van der Waals surface area contributed by atoms with E-state index >= 15 is 0 Å². The van der Waals surface area contributed by atoms with Gasteiger partial charge < -0.3 is 15.2 Å². The average molecular weight is 389 g/mol. The summed E-state index contributed by atoms with van der Waals surface area (Å²) in [5.74, 6) is 1.25. The number of imidazole rings is 1. The number of carbonyl (C=O) groups excluding carboxylic acids is 1. The summed E-state index contributed by atoms with van der Waals surface area (Å²) in [5, 5.41) is 18.5. The number of aryl methyl sites for hydroxylation is 1. The Morgan fingerprint density at radius 1 is 1.33 bits per heavy atom. The van der Waals surface area contributed by atoms with Crippen LogP contribution in [0.4, 0.5) is 5.69 Å². The van der Waals surface area contributed by atoms with E-state index in [-0.39, 0.29) is 18.3 Å². The van der Waals surface area contributed by atoms with E-state index in [1.54, 1.807) is 0 Å². The van der Waals surface area contributed by atoms with Crippen LogP contribution in [0.2, 0.25) is 0 Å². The molecule has 0 saturated heterocycles. The molecule has 9 nitrogen and oxygen atoms in total. The normalized spacial score (nSPS) is 13.4. The highest BCUT2D eigenvalue weighted by Crippen LogP contribution is 2.19. The molecule has 0 unspecified atom stereocenters. The number of anilines is 1. The number of rotatable bonds is 4. The highest BCUT2D eigenvalue weighted by Gasteiger charge is 2.16. The maximum atomic E-state index is 12.6. The van der Waals surface area contributed by atoms with Crippen molar-refractivity contribution >= 4 is 24.0 Å². The minimum absolute atomic E-state index is 0. The summed E-state index contributed by atoms with van der Waals surface area (Å²) >= 11 is 0. The highest BCUT2D eigenvalue weighted by atomic mass is 35.5. The Balaban J connectivity index is 0.00000210. The maximum absolute atomic E-state index is 12.6. The number of tetrazole rings is 1. The number of nitrogens with zero attached hydrogens (tertiary/aromatic N) is 6. The van der Waals surface area contributed by atoms with Crippen LogP contribution in [-0.4, -0.2) is 48.8 Å². The van der Waals surface area contributed by atoms with Gasteiger partial charge >= 0.3 is 0 Å². The van der Waals surface area contributed by atoms with Crippen molar-refractivity contribution in [3.05, 3.63) is 42.0 Å². The van der Waals surface area contributed by atoms with Crippen molar-refractivity contribution in [3.63, 3.8) is 0 Å². The highest BCUT2D eigenvalue weighted by molar-refractivity contribution is 6.03. The van der Waals surface area contributed by atoms with Crippen LogP contribution in [0.25, 0.3) is 11.4 Å². The summed E-state index contributed by atoms with van der Waals surface area (Å²) in [6.07, 6.45) is 2.64. The van der Waals surface area contributed by atoms with Crippen LogP contribution in [0.15, 0.2) is 30.5 Å². The van der Waals surface area contributed by atoms with Gasteiger partial charge in [-0.15, -0.1) is 22.6 Å². The molecular weight excluding hydrogens is 368 g/mol. The first-order valence-corrected chi connectivity index (χ1v) is 8.69. The minimum Gasteiger partial charge on any atom is -0.333 e. The standard InChI is InChI=1S/C17H20N8O.ClH/c1-2-25-22-16(21-23-25)12-4-3-5-13(10-12)19-17(26)14-11-24-9-8-18-7-6-15(24)20-14;/h3-5,10-11,18H,2,6-9H2,1H3,(H,19,26);1H. The number of hydrogen-bond acceptors (Lipinski definition) is 6. The van der Waals surface area contributed by atoms with E-state index in [2.05, 4.69) is 31.0 Å². The molecule has 142 valence electrons. The van der Waals surface area contributed by atoms with Crippen LogP contribution in [-0.2, 0) is 19.5 Å². The fourth-order valence-corrected chi connectivity index (χ4v) is 2.91. The van der Waals surface area contributed by atoms with Crippen molar-refractivity contribution in [2.24, 2.45) is 0 Å².